The zero-order chi connectivity index (χ0) is 15.9. The smallest absolute Gasteiger partial charge is 0.226 e. The fourth-order valence-electron chi connectivity index (χ4n) is 2.18. The van der Waals surface area contributed by atoms with Crippen molar-refractivity contribution in [3.63, 3.8) is 0 Å². The van der Waals surface area contributed by atoms with Gasteiger partial charge < -0.3 is 14.5 Å². The number of nitrogens with zero attached hydrogens (tertiary/aromatic N) is 1. The third-order valence-electron chi connectivity index (χ3n) is 3.44. The number of oxazole rings is 1. The molecule has 1 heterocycles. The highest BCUT2D eigenvalue weighted by atomic mass is 16.5. The van der Waals surface area contributed by atoms with E-state index in [1.807, 2.05) is 38.1 Å². The minimum atomic E-state index is -0.0520. The van der Waals surface area contributed by atoms with E-state index in [0.717, 1.165) is 17.5 Å². The van der Waals surface area contributed by atoms with Crippen LogP contribution in [0.5, 0.6) is 0 Å². The number of hydrogen-bond donors (Lipinski definition) is 1. The standard InChI is InChI=1S/C17H22N2O3/c1-12-7-4-5-8-14(12)17-19-15(13(2)22-17)11-16(20)18-9-6-10-21-3/h4-5,7-8H,6,9-11H2,1-3H3,(H,18,20). The summed E-state index contributed by atoms with van der Waals surface area (Å²) in [4.78, 5) is 16.4. The summed E-state index contributed by atoms with van der Waals surface area (Å²) < 4.78 is 10.7. The normalized spacial score (nSPS) is 10.7. The van der Waals surface area contributed by atoms with Gasteiger partial charge in [0, 0.05) is 25.8 Å². The number of rotatable bonds is 7. The molecule has 5 heteroatoms. The molecule has 0 fully saturated rings. The molecule has 5 nitrogen and oxygen atoms in total. The molecule has 0 saturated heterocycles. The molecule has 22 heavy (non-hydrogen) atoms. The second-order valence-electron chi connectivity index (χ2n) is 5.21. The van der Waals surface area contributed by atoms with Crippen LogP contribution in [0.3, 0.4) is 0 Å². The molecule has 0 aliphatic rings. The number of aromatic nitrogens is 1. The van der Waals surface area contributed by atoms with Crippen molar-refractivity contribution in [3.8, 4) is 11.5 Å². The van der Waals surface area contributed by atoms with Crippen molar-refractivity contribution >= 4 is 5.91 Å². The fourth-order valence-corrected chi connectivity index (χ4v) is 2.18. The molecule has 118 valence electrons. The van der Waals surface area contributed by atoms with Crippen LogP contribution in [0.15, 0.2) is 28.7 Å². The van der Waals surface area contributed by atoms with Crippen molar-refractivity contribution in [1.82, 2.24) is 10.3 Å². The SMILES string of the molecule is COCCCNC(=O)Cc1nc(-c2ccccc2C)oc1C. The zero-order valence-corrected chi connectivity index (χ0v) is 13.3. The second-order valence-corrected chi connectivity index (χ2v) is 5.21. The predicted octanol–water partition coefficient (Wildman–Crippen LogP) is 2.65. The van der Waals surface area contributed by atoms with Gasteiger partial charge in [0.2, 0.25) is 11.8 Å². The Hall–Kier alpha value is -2.14. The van der Waals surface area contributed by atoms with E-state index >= 15 is 0 Å². The largest absolute Gasteiger partial charge is 0.441 e. The molecular formula is C17H22N2O3. The van der Waals surface area contributed by atoms with Gasteiger partial charge in [-0.3, -0.25) is 4.79 Å². The van der Waals surface area contributed by atoms with E-state index in [0.29, 0.717) is 30.5 Å². The van der Waals surface area contributed by atoms with Gasteiger partial charge >= 0.3 is 0 Å². The summed E-state index contributed by atoms with van der Waals surface area (Å²) >= 11 is 0. The quantitative estimate of drug-likeness (QED) is 0.799. The number of methoxy groups -OCH3 is 1. The van der Waals surface area contributed by atoms with E-state index in [1.54, 1.807) is 7.11 Å². The van der Waals surface area contributed by atoms with Crippen LogP contribution in [-0.2, 0) is 16.0 Å². The number of amides is 1. The van der Waals surface area contributed by atoms with Crippen molar-refractivity contribution in [2.45, 2.75) is 26.7 Å². The van der Waals surface area contributed by atoms with Crippen LogP contribution in [0.1, 0.15) is 23.4 Å². The third-order valence-corrected chi connectivity index (χ3v) is 3.44. The van der Waals surface area contributed by atoms with Crippen LogP contribution >= 0.6 is 0 Å². The van der Waals surface area contributed by atoms with Crippen molar-refractivity contribution in [2.24, 2.45) is 0 Å². The number of nitrogens with one attached hydrogen (secondary N) is 1. The number of benzene rings is 1. The lowest BCUT2D eigenvalue weighted by molar-refractivity contribution is -0.120. The van der Waals surface area contributed by atoms with Gasteiger partial charge in [0.1, 0.15) is 5.76 Å². The summed E-state index contributed by atoms with van der Waals surface area (Å²) in [7, 11) is 1.65. The maximum Gasteiger partial charge on any atom is 0.226 e. The summed E-state index contributed by atoms with van der Waals surface area (Å²) in [6, 6.07) is 7.90. The van der Waals surface area contributed by atoms with Gasteiger partial charge in [0.05, 0.1) is 12.1 Å². The van der Waals surface area contributed by atoms with Crippen molar-refractivity contribution in [1.29, 1.82) is 0 Å². The molecule has 0 unspecified atom stereocenters. The number of aryl methyl sites for hydroxylation is 2. The molecule has 1 amide bonds. The molecule has 1 N–H and O–H groups in total. The van der Waals surface area contributed by atoms with Gasteiger partial charge in [-0.25, -0.2) is 4.98 Å². The molecule has 2 aromatic rings. The first kappa shape index (κ1) is 16.2. The lowest BCUT2D eigenvalue weighted by atomic mass is 10.1. The third kappa shape index (κ3) is 4.18. The van der Waals surface area contributed by atoms with Gasteiger partial charge in [-0.2, -0.15) is 0 Å². The maximum atomic E-state index is 11.9. The highest BCUT2D eigenvalue weighted by Crippen LogP contribution is 2.24. The molecule has 1 aromatic carbocycles. The van der Waals surface area contributed by atoms with Crippen LogP contribution in [0.4, 0.5) is 0 Å². The first-order valence-electron chi connectivity index (χ1n) is 7.39. The Morgan fingerprint density at radius 2 is 2.09 bits per heavy atom. The summed E-state index contributed by atoms with van der Waals surface area (Å²) in [6.45, 7) is 5.09. The van der Waals surface area contributed by atoms with Crippen molar-refractivity contribution < 1.29 is 13.9 Å². The average molecular weight is 302 g/mol. The van der Waals surface area contributed by atoms with E-state index < -0.39 is 0 Å². The summed E-state index contributed by atoms with van der Waals surface area (Å²) in [5.74, 6) is 1.20. The van der Waals surface area contributed by atoms with Gasteiger partial charge in [0.15, 0.2) is 0 Å². The summed E-state index contributed by atoms with van der Waals surface area (Å²) in [6.07, 6.45) is 1.03. The van der Waals surface area contributed by atoms with Crippen LogP contribution in [-0.4, -0.2) is 31.2 Å². The minimum Gasteiger partial charge on any atom is -0.441 e. The zero-order valence-electron chi connectivity index (χ0n) is 13.3. The Labute approximate surface area is 130 Å². The van der Waals surface area contributed by atoms with E-state index in [2.05, 4.69) is 10.3 Å². The molecule has 0 atom stereocenters. The molecular weight excluding hydrogens is 280 g/mol. The fraction of sp³-hybridized carbons (Fsp3) is 0.412. The number of carbonyl (C=O) groups excluding carboxylic acids is 1. The predicted molar refractivity (Wildman–Crippen MR) is 84.6 cm³/mol. The molecule has 0 bridgehead atoms. The maximum absolute atomic E-state index is 11.9. The topological polar surface area (TPSA) is 64.4 Å². The Morgan fingerprint density at radius 1 is 1.32 bits per heavy atom. The monoisotopic (exact) mass is 302 g/mol. The Kier molecular flexibility index (Phi) is 5.72. The molecule has 0 radical (unpaired) electrons. The Balaban J connectivity index is 2.01. The minimum absolute atomic E-state index is 0.0520. The van der Waals surface area contributed by atoms with E-state index in [-0.39, 0.29) is 12.3 Å². The van der Waals surface area contributed by atoms with E-state index in [4.69, 9.17) is 9.15 Å². The van der Waals surface area contributed by atoms with Gasteiger partial charge in [-0.05, 0) is 31.9 Å². The lowest BCUT2D eigenvalue weighted by Gasteiger charge is -2.03. The lowest BCUT2D eigenvalue weighted by Crippen LogP contribution is -2.27. The number of carbonyl (C=O) groups is 1. The van der Waals surface area contributed by atoms with Crippen molar-refractivity contribution in [3.05, 3.63) is 41.3 Å². The average Bonchev–Trinajstić information content (AvgIpc) is 2.85. The molecule has 0 aliphatic carbocycles. The highest BCUT2D eigenvalue weighted by molar-refractivity contribution is 5.78. The Bertz CT molecular complexity index is 635. The molecule has 0 spiro atoms. The summed E-state index contributed by atoms with van der Waals surface area (Å²) in [5.41, 5.74) is 2.74. The first-order chi connectivity index (χ1) is 10.6. The number of hydrogen-bond acceptors (Lipinski definition) is 4. The molecule has 1 aromatic heterocycles. The van der Waals surface area contributed by atoms with Crippen LogP contribution in [0.2, 0.25) is 0 Å². The van der Waals surface area contributed by atoms with Crippen molar-refractivity contribution in [2.75, 3.05) is 20.3 Å². The first-order valence-corrected chi connectivity index (χ1v) is 7.39. The molecule has 0 saturated carbocycles. The van der Waals surface area contributed by atoms with E-state index in [9.17, 15) is 4.79 Å². The van der Waals surface area contributed by atoms with Gasteiger partial charge in [0.25, 0.3) is 0 Å². The summed E-state index contributed by atoms with van der Waals surface area (Å²) in [5, 5.41) is 2.85. The Morgan fingerprint density at radius 3 is 2.82 bits per heavy atom. The van der Waals surface area contributed by atoms with Crippen LogP contribution in [0.25, 0.3) is 11.5 Å². The second kappa shape index (κ2) is 7.75. The molecule has 2 rings (SSSR count). The van der Waals surface area contributed by atoms with E-state index in [1.165, 1.54) is 0 Å². The van der Waals surface area contributed by atoms with Gasteiger partial charge in [-0.15, -0.1) is 0 Å². The van der Waals surface area contributed by atoms with Crippen LogP contribution < -0.4 is 5.32 Å². The number of ether oxygens (including phenoxy) is 1. The molecule has 0 aliphatic heterocycles. The van der Waals surface area contributed by atoms with Crippen LogP contribution in [0, 0.1) is 13.8 Å². The van der Waals surface area contributed by atoms with Gasteiger partial charge in [-0.1, -0.05) is 18.2 Å². The highest BCUT2D eigenvalue weighted by Gasteiger charge is 2.15.